The Morgan fingerprint density at radius 1 is 1.28 bits per heavy atom. The minimum Gasteiger partial charge on any atom is -0.489 e. The second-order valence-corrected chi connectivity index (χ2v) is 5.55. The molecule has 1 aromatic carbocycles. The van der Waals surface area contributed by atoms with Crippen LogP contribution < -0.4 is 10.4 Å². The van der Waals surface area contributed by atoms with E-state index in [4.69, 9.17) is 9.15 Å². The molecule has 1 atom stereocenters. The van der Waals surface area contributed by atoms with E-state index in [9.17, 15) is 4.79 Å². The molecule has 0 saturated heterocycles. The van der Waals surface area contributed by atoms with Crippen molar-refractivity contribution in [2.75, 3.05) is 0 Å². The van der Waals surface area contributed by atoms with Gasteiger partial charge >= 0.3 is 5.63 Å². The quantitative estimate of drug-likeness (QED) is 0.668. The first kappa shape index (κ1) is 11.3. The highest BCUT2D eigenvalue weighted by Gasteiger charge is 2.41. The van der Waals surface area contributed by atoms with Gasteiger partial charge in [-0.3, -0.25) is 0 Å². The molecule has 0 amide bonds. The predicted molar refractivity (Wildman–Crippen MR) is 70.3 cm³/mol. The van der Waals surface area contributed by atoms with Crippen LogP contribution in [0.15, 0.2) is 27.4 Å². The maximum Gasteiger partial charge on any atom is 0.336 e. The van der Waals surface area contributed by atoms with E-state index in [2.05, 4.69) is 13.8 Å². The van der Waals surface area contributed by atoms with Crippen LogP contribution in [0.2, 0.25) is 0 Å². The molecular formula is C15H16O3. The standard InChI is InChI=1S/C15H16O3/c1-8-7-12(16)18-14-10(8)5-6-11-13(14)15(3,4)9(2)17-11/h5-7,9H,1-4H3. The van der Waals surface area contributed by atoms with Gasteiger partial charge in [0.15, 0.2) is 0 Å². The fourth-order valence-corrected chi connectivity index (χ4v) is 2.62. The summed E-state index contributed by atoms with van der Waals surface area (Å²) in [6, 6.07) is 5.46. The van der Waals surface area contributed by atoms with Crippen molar-refractivity contribution < 1.29 is 9.15 Å². The summed E-state index contributed by atoms with van der Waals surface area (Å²) in [5, 5.41) is 0.985. The summed E-state index contributed by atoms with van der Waals surface area (Å²) in [6.45, 7) is 8.20. The number of aryl methyl sites for hydroxylation is 1. The first-order chi connectivity index (χ1) is 8.41. The van der Waals surface area contributed by atoms with E-state index in [1.807, 2.05) is 26.0 Å². The van der Waals surface area contributed by atoms with Crippen LogP contribution in [0.4, 0.5) is 0 Å². The van der Waals surface area contributed by atoms with Crippen LogP contribution in [0, 0.1) is 6.92 Å². The molecule has 3 heteroatoms. The third kappa shape index (κ3) is 1.33. The van der Waals surface area contributed by atoms with Crippen LogP contribution in [0.5, 0.6) is 5.75 Å². The SMILES string of the molecule is Cc1cc(=O)oc2c3c(ccc12)OC(C)C3(C)C. The van der Waals surface area contributed by atoms with Gasteiger partial charge in [-0.2, -0.15) is 0 Å². The monoisotopic (exact) mass is 244 g/mol. The van der Waals surface area contributed by atoms with Crippen LogP contribution >= 0.6 is 0 Å². The molecule has 1 aliphatic heterocycles. The van der Waals surface area contributed by atoms with Crippen LogP contribution in [-0.4, -0.2) is 6.10 Å². The van der Waals surface area contributed by atoms with E-state index in [-0.39, 0.29) is 17.1 Å². The van der Waals surface area contributed by atoms with Crippen LogP contribution in [0.25, 0.3) is 11.0 Å². The van der Waals surface area contributed by atoms with Gasteiger partial charge in [0.1, 0.15) is 17.4 Å². The first-order valence-electron chi connectivity index (χ1n) is 6.16. The highest BCUT2D eigenvalue weighted by atomic mass is 16.5. The number of ether oxygens (including phenoxy) is 1. The zero-order valence-electron chi connectivity index (χ0n) is 11.0. The Kier molecular flexibility index (Phi) is 2.12. The Morgan fingerprint density at radius 2 is 2.00 bits per heavy atom. The Bertz CT molecular complexity index is 695. The largest absolute Gasteiger partial charge is 0.489 e. The maximum atomic E-state index is 11.6. The minimum atomic E-state index is -0.302. The fourth-order valence-electron chi connectivity index (χ4n) is 2.62. The second-order valence-electron chi connectivity index (χ2n) is 5.55. The van der Waals surface area contributed by atoms with E-state index in [0.29, 0.717) is 5.58 Å². The molecule has 2 heterocycles. The Hall–Kier alpha value is -1.77. The number of rotatable bonds is 0. The number of hydrogen-bond acceptors (Lipinski definition) is 3. The van der Waals surface area contributed by atoms with Gasteiger partial charge in [0.2, 0.25) is 0 Å². The van der Waals surface area contributed by atoms with Gasteiger partial charge < -0.3 is 9.15 Å². The Morgan fingerprint density at radius 3 is 2.72 bits per heavy atom. The highest BCUT2D eigenvalue weighted by molar-refractivity contribution is 5.86. The summed E-state index contributed by atoms with van der Waals surface area (Å²) in [5.74, 6) is 0.828. The third-order valence-electron chi connectivity index (χ3n) is 4.05. The molecule has 1 aliphatic rings. The Labute approximate surface area is 105 Å². The topological polar surface area (TPSA) is 39.4 Å². The van der Waals surface area contributed by atoms with Crippen molar-refractivity contribution in [3.63, 3.8) is 0 Å². The van der Waals surface area contributed by atoms with E-state index in [0.717, 1.165) is 22.3 Å². The lowest BCUT2D eigenvalue weighted by molar-refractivity contribution is 0.185. The molecule has 0 N–H and O–H groups in total. The lowest BCUT2D eigenvalue weighted by Gasteiger charge is -2.22. The zero-order chi connectivity index (χ0) is 13.1. The van der Waals surface area contributed by atoms with Crippen molar-refractivity contribution in [3.05, 3.63) is 39.7 Å². The number of hydrogen-bond donors (Lipinski definition) is 0. The fraction of sp³-hybridized carbons (Fsp3) is 0.400. The maximum absolute atomic E-state index is 11.6. The smallest absolute Gasteiger partial charge is 0.336 e. The molecule has 0 spiro atoms. The van der Waals surface area contributed by atoms with Crippen molar-refractivity contribution in [1.82, 2.24) is 0 Å². The van der Waals surface area contributed by atoms with Gasteiger partial charge in [0.25, 0.3) is 0 Å². The Balaban J connectivity index is 2.48. The molecule has 0 aliphatic carbocycles. The van der Waals surface area contributed by atoms with Gasteiger partial charge in [-0.25, -0.2) is 4.79 Å². The molecule has 18 heavy (non-hydrogen) atoms. The molecule has 0 radical (unpaired) electrons. The summed E-state index contributed by atoms with van der Waals surface area (Å²) in [7, 11) is 0. The lowest BCUT2D eigenvalue weighted by atomic mass is 9.81. The number of fused-ring (bicyclic) bond motifs is 3. The summed E-state index contributed by atoms with van der Waals surface area (Å²) in [6.07, 6.45) is 0.0731. The van der Waals surface area contributed by atoms with Crippen LogP contribution in [-0.2, 0) is 5.41 Å². The molecule has 1 unspecified atom stereocenters. The molecule has 2 aromatic rings. The second kappa shape index (κ2) is 3.37. The van der Waals surface area contributed by atoms with Crippen molar-refractivity contribution >= 4 is 11.0 Å². The van der Waals surface area contributed by atoms with Gasteiger partial charge in [0, 0.05) is 22.4 Å². The number of benzene rings is 1. The third-order valence-corrected chi connectivity index (χ3v) is 4.05. The van der Waals surface area contributed by atoms with Crippen molar-refractivity contribution in [2.45, 2.75) is 39.2 Å². The minimum absolute atomic E-state index is 0.0731. The molecule has 3 nitrogen and oxygen atoms in total. The molecular weight excluding hydrogens is 228 g/mol. The average molecular weight is 244 g/mol. The molecule has 3 rings (SSSR count). The predicted octanol–water partition coefficient (Wildman–Crippen LogP) is 3.16. The van der Waals surface area contributed by atoms with Gasteiger partial charge in [-0.05, 0) is 31.5 Å². The van der Waals surface area contributed by atoms with E-state index in [1.165, 1.54) is 6.07 Å². The van der Waals surface area contributed by atoms with Gasteiger partial charge in [0.05, 0.1) is 0 Å². The summed E-state index contributed by atoms with van der Waals surface area (Å²) >= 11 is 0. The molecule has 0 saturated carbocycles. The zero-order valence-corrected chi connectivity index (χ0v) is 11.0. The molecule has 0 bridgehead atoms. The van der Waals surface area contributed by atoms with Crippen molar-refractivity contribution in [2.24, 2.45) is 0 Å². The van der Waals surface area contributed by atoms with E-state index >= 15 is 0 Å². The van der Waals surface area contributed by atoms with Crippen molar-refractivity contribution in [3.8, 4) is 5.75 Å². The van der Waals surface area contributed by atoms with E-state index in [1.54, 1.807) is 0 Å². The van der Waals surface area contributed by atoms with Gasteiger partial charge in [-0.15, -0.1) is 0 Å². The van der Waals surface area contributed by atoms with Crippen molar-refractivity contribution in [1.29, 1.82) is 0 Å². The van der Waals surface area contributed by atoms with Crippen LogP contribution in [0.1, 0.15) is 31.9 Å². The average Bonchev–Trinajstić information content (AvgIpc) is 2.49. The molecule has 94 valence electrons. The highest BCUT2D eigenvalue weighted by Crippen LogP contribution is 2.46. The molecule has 1 aromatic heterocycles. The summed E-state index contributed by atoms with van der Waals surface area (Å²) in [5.41, 5.74) is 2.17. The van der Waals surface area contributed by atoms with Crippen LogP contribution in [0.3, 0.4) is 0 Å². The summed E-state index contributed by atoms with van der Waals surface area (Å²) in [4.78, 5) is 11.6. The normalized spacial score (nSPS) is 20.8. The molecule has 0 fully saturated rings. The van der Waals surface area contributed by atoms with E-state index < -0.39 is 0 Å². The van der Waals surface area contributed by atoms with Gasteiger partial charge in [-0.1, -0.05) is 13.8 Å². The lowest BCUT2D eigenvalue weighted by Crippen LogP contribution is -2.29. The first-order valence-corrected chi connectivity index (χ1v) is 6.16. The summed E-state index contributed by atoms with van der Waals surface area (Å²) < 4.78 is 11.3.